The largest absolute Gasteiger partial charge is 0.497 e. The van der Waals surface area contributed by atoms with Crippen LogP contribution in [0, 0.1) is 0 Å². The summed E-state index contributed by atoms with van der Waals surface area (Å²) < 4.78 is 59.4. The number of nitrogens with zero attached hydrogens (tertiary/aromatic N) is 1. The predicted molar refractivity (Wildman–Crippen MR) is 110 cm³/mol. The minimum Gasteiger partial charge on any atom is -0.497 e. The molecule has 0 radical (unpaired) electrons. The Kier molecular flexibility index (Phi) is 7.45. The van der Waals surface area contributed by atoms with E-state index in [0.717, 1.165) is 12.8 Å². The lowest BCUT2D eigenvalue weighted by molar-refractivity contribution is 0.410. The van der Waals surface area contributed by atoms with Crippen molar-refractivity contribution in [3.8, 4) is 5.75 Å². The molecule has 0 aliphatic carbocycles. The third-order valence-electron chi connectivity index (χ3n) is 4.06. The van der Waals surface area contributed by atoms with Gasteiger partial charge in [-0.3, -0.25) is 4.72 Å². The molecule has 2 aromatic rings. The Bertz CT molecular complexity index is 964. The Morgan fingerprint density at radius 3 is 1.79 bits per heavy atom. The van der Waals surface area contributed by atoms with E-state index >= 15 is 0 Å². The fourth-order valence-corrected chi connectivity index (χ4v) is 5.35. The van der Waals surface area contributed by atoms with Crippen LogP contribution < -0.4 is 9.46 Å². The molecular weight excluding hydrogens is 400 g/mol. The third kappa shape index (κ3) is 5.24. The summed E-state index contributed by atoms with van der Waals surface area (Å²) in [7, 11) is -5.89. The Morgan fingerprint density at radius 1 is 0.821 bits per heavy atom. The summed E-state index contributed by atoms with van der Waals surface area (Å²) in [6, 6.07) is 11.7. The van der Waals surface area contributed by atoms with Crippen LogP contribution in [0.5, 0.6) is 5.75 Å². The number of hydrogen-bond acceptors (Lipinski definition) is 5. The average Bonchev–Trinajstić information content (AvgIpc) is 2.68. The van der Waals surface area contributed by atoms with Crippen LogP contribution in [0.4, 0.5) is 5.69 Å². The Labute approximate surface area is 167 Å². The van der Waals surface area contributed by atoms with E-state index in [9.17, 15) is 16.8 Å². The first-order chi connectivity index (χ1) is 13.2. The molecule has 0 bridgehead atoms. The van der Waals surface area contributed by atoms with Gasteiger partial charge in [-0.1, -0.05) is 13.8 Å². The molecule has 0 aliphatic rings. The van der Waals surface area contributed by atoms with E-state index < -0.39 is 20.0 Å². The van der Waals surface area contributed by atoms with E-state index in [2.05, 4.69) is 4.72 Å². The van der Waals surface area contributed by atoms with Gasteiger partial charge in [0.1, 0.15) is 5.75 Å². The highest BCUT2D eigenvalue weighted by molar-refractivity contribution is 7.92. The zero-order valence-electron chi connectivity index (χ0n) is 16.3. The summed E-state index contributed by atoms with van der Waals surface area (Å²) in [4.78, 5) is 0.226. The van der Waals surface area contributed by atoms with Gasteiger partial charge in [-0.05, 0) is 61.4 Å². The summed E-state index contributed by atoms with van der Waals surface area (Å²) in [5.41, 5.74) is 0.285. The van der Waals surface area contributed by atoms with Crippen molar-refractivity contribution in [1.82, 2.24) is 4.31 Å². The second-order valence-electron chi connectivity index (χ2n) is 6.21. The van der Waals surface area contributed by atoms with Gasteiger partial charge >= 0.3 is 0 Å². The number of ether oxygens (including phenoxy) is 1. The summed E-state index contributed by atoms with van der Waals surface area (Å²) in [5.74, 6) is 0.553. The Balaban J connectivity index is 2.21. The van der Waals surface area contributed by atoms with E-state index in [1.807, 2.05) is 13.8 Å². The van der Waals surface area contributed by atoms with Crippen molar-refractivity contribution in [1.29, 1.82) is 0 Å². The first kappa shape index (κ1) is 22.2. The quantitative estimate of drug-likeness (QED) is 0.629. The third-order valence-corrected chi connectivity index (χ3v) is 7.37. The molecule has 28 heavy (non-hydrogen) atoms. The van der Waals surface area contributed by atoms with Crippen LogP contribution in [0.2, 0.25) is 0 Å². The van der Waals surface area contributed by atoms with Crippen molar-refractivity contribution in [3.05, 3.63) is 48.5 Å². The minimum atomic E-state index is -3.79. The molecule has 0 aromatic heterocycles. The molecule has 9 heteroatoms. The van der Waals surface area contributed by atoms with Crippen molar-refractivity contribution in [2.24, 2.45) is 0 Å². The zero-order valence-corrected chi connectivity index (χ0v) is 17.9. The zero-order chi connectivity index (χ0) is 20.8. The highest BCUT2D eigenvalue weighted by Gasteiger charge is 2.23. The monoisotopic (exact) mass is 426 g/mol. The van der Waals surface area contributed by atoms with Crippen molar-refractivity contribution in [2.45, 2.75) is 36.5 Å². The number of benzene rings is 2. The van der Waals surface area contributed by atoms with E-state index in [1.54, 1.807) is 12.1 Å². The fourth-order valence-electron chi connectivity index (χ4n) is 2.66. The lowest BCUT2D eigenvalue weighted by Gasteiger charge is -2.21. The van der Waals surface area contributed by atoms with Gasteiger partial charge in [0.05, 0.1) is 16.9 Å². The molecule has 0 saturated carbocycles. The molecule has 154 valence electrons. The second-order valence-corrected chi connectivity index (χ2v) is 9.83. The molecule has 7 nitrogen and oxygen atoms in total. The Morgan fingerprint density at radius 2 is 1.32 bits per heavy atom. The van der Waals surface area contributed by atoms with Gasteiger partial charge in [-0.2, -0.15) is 4.31 Å². The van der Waals surface area contributed by atoms with E-state index in [1.165, 1.54) is 47.8 Å². The summed E-state index contributed by atoms with van der Waals surface area (Å²) >= 11 is 0. The van der Waals surface area contributed by atoms with Gasteiger partial charge in [0, 0.05) is 18.8 Å². The maximum absolute atomic E-state index is 12.8. The maximum Gasteiger partial charge on any atom is 0.261 e. The van der Waals surface area contributed by atoms with Gasteiger partial charge < -0.3 is 4.74 Å². The molecule has 0 spiro atoms. The van der Waals surface area contributed by atoms with Gasteiger partial charge in [0.25, 0.3) is 10.0 Å². The molecule has 0 atom stereocenters. The number of methoxy groups -OCH3 is 1. The normalized spacial score (nSPS) is 12.1. The van der Waals surface area contributed by atoms with Crippen LogP contribution in [-0.4, -0.2) is 41.3 Å². The average molecular weight is 427 g/mol. The molecule has 0 unspecified atom stereocenters. The molecule has 0 aliphatic heterocycles. The van der Waals surface area contributed by atoms with Crippen molar-refractivity contribution >= 4 is 25.7 Å². The van der Waals surface area contributed by atoms with Crippen molar-refractivity contribution in [3.63, 3.8) is 0 Å². The van der Waals surface area contributed by atoms with Gasteiger partial charge in [0.2, 0.25) is 10.0 Å². The molecular formula is C19H26N2O5S2. The summed E-state index contributed by atoms with van der Waals surface area (Å²) in [6.45, 7) is 4.74. The highest BCUT2D eigenvalue weighted by atomic mass is 32.2. The lowest BCUT2D eigenvalue weighted by atomic mass is 10.3. The van der Waals surface area contributed by atoms with Crippen LogP contribution in [-0.2, 0) is 20.0 Å². The molecule has 0 heterocycles. The Hall–Kier alpha value is -2.10. The highest BCUT2D eigenvalue weighted by Crippen LogP contribution is 2.22. The minimum absolute atomic E-state index is 0.0852. The molecule has 2 rings (SSSR count). The summed E-state index contributed by atoms with van der Waals surface area (Å²) in [5, 5.41) is 0. The first-order valence-corrected chi connectivity index (χ1v) is 11.9. The van der Waals surface area contributed by atoms with E-state index in [4.69, 9.17) is 4.74 Å². The summed E-state index contributed by atoms with van der Waals surface area (Å²) in [6.07, 6.45) is 1.44. The SMILES string of the molecule is CCCN(CCC)S(=O)(=O)c1ccc(NS(=O)(=O)c2ccc(OC)cc2)cc1. The smallest absolute Gasteiger partial charge is 0.261 e. The predicted octanol–water partition coefficient (Wildman–Crippen LogP) is 3.31. The fraction of sp³-hybridized carbons (Fsp3) is 0.368. The van der Waals surface area contributed by atoms with Crippen molar-refractivity contribution in [2.75, 3.05) is 24.9 Å². The standard InChI is InChI=1S/C19H26N2O5S2/c1-4-14-21(15-5-2)28(24,25)19-10-6-16(7-11-19)20-27(22,23)18-12-8-17(26-3)9-13-18/h6-13,20H,4-5,14-15H2,1-3H3. The molecule has 0 amide bonds. The van der Waals surface area contributed by atoms with Gasteiger partial charge in [-0.25, -0.2) is 16.8 Å². The molecule has 0 saturated heterocycles. The molecule has 1 N–H and O–H groups in total. The van der Waals surface area contributed by atoms with E-state index in [0.29, 0.717) is 18.8 Å². The van der Waals surface area contributed by atoms with Crippen LogP contribution in [0.25, 0.3) is 0 Å². The number of anilines is 1. The molecule has 0 fully saturated rings. The van der Waals surface area contributed by atoms with E-state index in [-0.39, 0.29) is 15.5 Å². The maximum atomic E-state index is 12.8. The lowest BCUT2D eigenvalue weighted by Crippen LogP contribution is -2.32. The van der Waals surface area contributed by atoms with Crippen LogP contribution >= 0.6 is 0 Å². The number of sulfonamides is 2. The first-order valence-electron chi connectivity index (χ1n) is 9.01. The molecule has 2 aromatic carbocycles. The second kappa shape index (κ2) is 9.40. The van der Waals surface area contributed by atoms with Gasteiger partial charge in [-0.15, -0.1) is 0 Å². The van der Waals surface area contributed by atoms with Gasteiger partial charge in [0.15, 0.2) is 0 Å². The van der Waals surface area contributed by atoms with Crippen LogP contribution in [0.15, 0.2) is 58.3 Å². The number of rotatable bonds is 10. The number of nitrogens with one attached hydrogen (secondary N) is 1. The number of hydrogen-bond donors (Lipinski definition) is 1. The topological polar surface area (TPSA) is 92.8 Å². The van der Waals surface area contributed by atoms with Crippen LogP contribution in [0.3, 0.4) is 0 Å². The van der Waals surface area contributed by atoms with Crippen LogP contribution in [0.1, 0.15) is 26.7 Å². The van der Waals surface area contributed by atoms with Crippen molar-refractivity contribution < 1.29 is 21.6 Å².